The number of rotatable bonds is 9. The molecular formula is C20H27N6O4P. The first kappa shape index (κ1) is 21.7. The zero-order valence-electron chi connectivity index (χ0n) is 17.5. The number of anilines is 1. The van der Waals surface area contributed by atoms with Gasteiger partial charge in [0.25, 0.3) is 8.18 Å². The lowest BCUT2D eigenvalue weighted by Crippen LogP contribution is -2.17. The molecule has 1 aromatic carbocycles. The molecule has 166 valence electrons. The Kier molecular flexibility index (Phi) is 6.82. The van der Waals surface area contributed by atoms with Gasteiger partial charge in [-0.1, -0.05) is 37.3 Å². The van der Waals surface area contributed by atoms with Crippen molar-refractivity contribution < 1.29 is 18.6 Å². The Morgan fingerprint density at radius 1 is 1.32 bits per heavy atom. The lowest BCUT2D eigenvalue weighted by molar-refractivity contribution is -0.0243. The first-order valence-corrected chi connectivity index (χ1v) is 11.6. The van der Waals surface area contributed by atoms with Crippen LogP contribution < -0.4 is 15.6 Å². The van der Waals surface area contributed by atoms with Gasteiger partial charge >= 0.3 is 0 Å². The molecule has 2 aromatic heterocycles. The number of nitrogens with one attached hydrogen (secondary N) is 1. The fourth-order valence-corrected chi connectivity index (χ4v) is 4.47. The summed E-state index contributed by atoms with van der Waals surface area (Å²) in [5.74, 6) is 0.654. The van der Waals surface area contributed by atoms with Crippen molar-refractivity contribution in [3.05, 3.63) is 42.2 Å². The summed E-state index contributed by atoms with van der Waals surface area (Å²) < 4.78 is 31.3. The molecule has 3 aromatic rings. The van der Waals surface area contributed by atoms with Crippen LogP contribution in [-0.2, 0) is 20.4 Å². The van der Waals surface area contributed by atoms with Crippen LogP contribution in [0, 0.1) is 5.92 Å². The fraction of sp³-hybridized carbons (Fsp3) is 0.450. The third kappa shape index (κ3) is 5.04. The highest BCUT2D eigenvalue weighted by Gasteiger charge is 2.35. The molecular weight excluding hydrogens is 419 g/mol. The quantitative estimate of drug-likeness (QED) is 0.477. The average Bonchev–Trinajstić information content (AvgIpc) is 3.34. The number of benzene rings is 1. The number of fused-ring (bicyclic) bond motifs is 1. The molecule has 0 radical (unpaired) electrons. The molecule has 1 aliphatic heterocycles. The van der Waals surface area contributed by atoms with Crippen molar-refractivity contribution in [2.75, 3.05) is 18.9 Å². The van der Waals surface area contributed by atoms with Gasteiger partial charge in [-0.2, -0.15) is 9.97 Å². The fourth-order valence-electron chi connectivity index (χ4n) is 3.69. The van der Waals surface area contributed by atoms with Crippen LogP contribution in [0.4, 0.5) is 5.95 Å². The van der Waals surface area contributed by atoms with Crippen molar-refractivity contribution in [2.45, 2.75) is 39.1 Å². The van der Waals surface area contributed by atoms with Crippen molar-refractivity contribution >= 4 is 25.3 Å². The molecule has 31 heavy (non-hydrogen) atoms. The van der Waals surface area contributed by atoms with Crippen LogP contribution in [0.3, 0.4) is 0 Å². The summed E-state index contributed by atoms with van der Waals surface area (Å²) in [7, 11) is -2.37. The van der Waals surface area contributed by atoms with Gasteiger partial charge in [0.15, 0.2) is 11.2 Å². The smallest absolute Gasteiger partial charge is 0.258 e. The largest absolute Gasteiger partial charge is 0.476 e. The highest BCUT2D eigenvalue weighted by atomic mass is 31.1. The molecule has 4 rings (SSSR count). The summed E-state index contributed by atoms with van der Waals surface area (Å²) in [5.41, 5.74) is 8.01. The zero-order chi connectivity index (χ0) is 21.8. The van der Waals surface area contributed by atoms with Crippen molar-refractivity contribution in [1.82, 2.24) is 24.6 Å². The Labute approximate surface area is 181 Å². The van der Waals surface area contributed by atoms with Gasteiger partial charge in [0.2, 0.25) is 11.8 Å². The van der Waals surface area contributed by atoms with E-state index in [9.17, 15) is 4.57 Å². The Balaban J connectivity index is 1.37. The second kappa shape index (κ2) is 9.74. The van der Waals surface area contributed by atoms with E-state index in [-0.39, 0.29) is 30.8 Å². The molecule has 0 aliphatic carbocycles. The molecule has 1 saturated heterocycles. The number of nitrogens with two attached hydrogens (primary N) is 1. The van der Waals surface area contributed by atoms with E-state index in [1.807, 2.05) is 41.8 Å². The summed E-state index contributed by atoms with van der Waals surface area (Å²) in [6.07, 6.45) is 1.95. The number of hydrogen-bond donors (Lipinski definition) is 2. The predicted octanol–water partition coefficient (Wildman–Crippen LogP) is 2.93. The minimum Gasteiger partial charge on any atom is -0.476 e. The molecule has 0 saturated carbocycles. The molecule has 10 nitrogen and oxygen atoms in total. The van der Waals surface area contributed by atoms with E-state index < -0.39 is 8.18 Å². The summed E-state index contributed by atoms with van der Waals surface area (Å²) >= 11 is 0. The van der Waals surface area contributed by atoms with Crippen LogP contribution in [0.5, 0.6) is 5.88 Å². The van der Waals surface area contributed by atoms with E-state index in [2.05, 4.69) is 27.0 Å². The van der Waals surface area contributed by atoms with Crippen molar-refractivity contribution in [3.63, 3.8) is 0 Å². The lowest BCUT2D eigenvalue weighted by atomic mass is 10.1. The van der Waals surface area contributed by atoms with Gasteiger partial charge in [0.05, 0.1) is 25.6 Å². The van der Waals surface area contributed by atoms with Crippen molar-refractivity contribution in [1.29, 1.82) is 0 Å². The number of aromatic nitrogens is 4. The first-order chi connectivity index (χ1) is 15.0. The van der Waals surface area contributed by atoms with E-state index >= 15 is 0 Å². The molecule has 4 atom stereocenters. The van der Waals surface area contributed by atoms with Gasteiger partial charge < -0.3 is 19.7 Å². The van der Waals surface area contributed by atoms with Crippen LogP contribution in [0.25, 0.3) is 11.2 Å². The Bertz CT molecular complexity index is 1050. The van der Waals surface area contributed by atoms with E-state index in [4.69, 9.17) is 19.7 Å². The highest BCUT2D eigenvalue weighted by molar-refractivity contribution is 7.36. The minimum absolute atomic E-state index is 0.117. The topological polar surface area (TPSA) is 126 Å². The van der Waals surface area contributed by atoms with Crippen LogP contribution in [0.15, 0.2) is 36.7 Å². The Hall–Kier alpha value is -2.52. The molecule has 1 aliphatic rings. The van der Waals surface area contributed by atoms with Gasteiger partial charge in [-0.25, -0.2) is 10.1 Å². The van der Waals surface area contributed by atoms with Gasteiger partial charge in [-0.3, -0.25) is 9.13 Å². The Morgan fingerprint density at radius 3 is 2.90 bits per heavy atom. The van der Waals surface area contributed by atoms with Gasteiger partial charge in [0, 0.05) is 12.5 Å². The van der Waals surface area contributed by atoms with E-state index in [0.717, 1.165) is 12.0 Å². The van der Waals surface area contributed by atoms with Gasteiger partial charge in [-0.15, -0.1) is 0 Å². The number of imidazole rings is 1. The third-order valence-corrected chi connectivity index (χ3v) is 5.99. The lowest BCUT2D eigenvalue weighted by Gasteiger charge is -2.18. The second-order valence-electron chi connectivity index (χ2n) is 7.44. The zero-order valence-corrected chi connectivity index (χ0v) is 18.5. The summed E-state index contributed by atoms with van der Waals surface area (Å²) in [6.45, 7) is 5.14. The number of ether oxygens (including phenoxy) is 2. The molecule has 0 bridgehead atoms. The maximum absolute atomic E-state index is 12.2. The maximum atomic E-state index is 12.2. The second-order valence-corrected chi connectivity index (χ2v) is 8.66. The van der Waals surface area contributed by atoms with Crippen LogP contribution in [0.1, 0.15) is 32.1 Å². The third-order valence-electron chi connectivity index (χ3n) is 5.10. The average molecular weight is 446 g/mol. The first-order valence-electron chi connectivity index (χ1n) is 10.3. The standard InChI is InChI=1S/C20H27N6O4P/c1-3-28-18-16-17(24-20(21)25-18)26(12-22-16)19-13(2)9-15(30-19)11-29-31(27)23-10-14-7-5-4-6-8-14/h4-8,12-13,15,19,31H,3,9-11H2,1-2H3,(H,23,27)(H2,21,24,25)/t13-,15-,19+/m0/s1. The number of nitrogen functional groups attached to an aromatic ring is 1. The summed E-state index contributed by atoms with van der Waals surface area (Å²) in [4.78, 5) is 12.9. The van der Waals surface area contributed by atoms with Crippen LogP contribution in [-0.4, -0.2) is 38.8 Å². The number of hydrogen-bond acceptors (Lipinski definition) is 8. The molecule has 1 unspecified atom stereocenters. The highest BCUT2D eigenvalue weighted by Crippen LogP contribution is 2.37. The minimum atomic E-state index is -2.37. The maximum Gasteiger partial charge on any atom is 0.258 e. The molecule has 11 heteroatoms. The molecule has 0 spiro atoms. The molecule has 0 amide bonds. The SMILES string of the molecule is CCOc1nc(N)nc2c1ncn2[C@@H]1O[C@H](CO[PH](=O)NCc2ccccc2)C[C@@H]1C. The predicted molar refractivity (Wildman–Crippen MR) is 117 cm³/mol. The summed E-state index contributed by atoms with van der Waals surface area (Å²) in [6, 6.07) is 9.77. The van der Waals surface area contributed by atoms with Gasteiger partial charge in [-0.05, 0) is 18.9 Å². The Morgan fingerprint density at radius 2 is 2.13 bits per heavy atom. The van der Waals surface area contributed by atoms with E-state index in [1.165, 1.54) is 0 Å². The normalized spacial score (nSPS) is 22.1. The van der Waals surface area contributed by atoms with E-state index in [0.29, 0.717) is 30.2 Å². The number of nitrogens with zero attached hydrogens (tertiary/aromatic N) is 4. The molecule has 1 fully saturated rings. The van der Waals surface area contributed by atoms with Crippen LogP contribution >= 0.6 is 8.18 Å². The van der Waals surface area contributed by atoms with E-state index in [1.54, 1.807) is 6.33 Å². The van der Waals surface area contributed by atoms with Crippen LogP contribution in [0.2, 0.25) is 0 Å². The monoisotopic (exact) mass is 446 g/mol. The van der Waals surface area contributed by atoms with Crippen molar-refractivity contribution in [3.8, 4) is 5.88 Å². The molecule has 3 heterocycles. The molecule has 3 N–H and O–H groups in total. The van der Waals surface area contributed by atoms with Gasteiger partial charge in [0.1, 0.15) is 6.23 Å². The summed E-state index contributed by atoms with van der Waals surface area (Å²) in [5, 5.41) is 2.93. The van der Waals surface area contributed by atoms with Crippen molar-refractivity contribution in [2.24, 2.45) is 5.92 Å².